The molecule has 2 heteroatoms. The molecule has 0 aliphatic rings. The summed E-state index contributed by atoms with van der Waals surface area (Å²) in [4.78, 5) is 0. The first-order valence-electron chi connectivity index (χ1n) is 12.2. The van der Waals surface area contributed by atoms with E-state index in [9.17, 15) is 0 Å². The Balaban J connectivity index is 1.70. The number of nitrogens with two attached hydrogens (primary N) is 2. The minimum absolute atomic E-state index is 0.766. The lowest BCUT2D eigenvalue weighted by molar-refractivity contribution is 1.64. The molecule has 0 radical (unpaired) electrons. The van der Waals surface area contributed by atoms with Gasteiger partial charge in [0.1, 0.15) is 0 Å². The van der Waals surface area contributed by atoms with E-state index < -0.39 is 0 Å². The highest BCUT2D eigenvalue weighted by atomic mass is 14.5. The fraction of sp³-hybridized carbons (Fsp3) is 0. The average molecular weight is 461 g/mol. The van der Waals surface area contributed by atoms with Crippen molar-refractivity contribution in [3.8, 4) is 22.3 Å². The lowest BCUT2D eigenvalue weighted by Crippen LogP contribution is -1.92. The Bertz CT molecular complexity index is 1790. The van der Waals surface area contributed by atoms with Gasteiger partial charge in [-0.15, -0.1) is 0 Å². The highest BCUT2D eigenvalue weighted by Crippen LogP contribution is 2.45. The number of benzene rings is 7. The molecule has 170 valence electrons. The normalized spacial score (nSPS) is 11.6. The van der Waals surface area contributed by atoms with Gasteiger partial charge in [-0.25, -0.2) is 0 Å². The maximum absolute atomic E-state index is 6.06. The molecule has 7 aromatic rings. The Morgan fingerprint density at radius 3 is 1.14 bits per heavy atom. The molecule has 7 aromatic carbocycles. The van der Waals surface area contributed by atoms with Crippen molar-refractivity contribution in [2.75, 3.05) is 11.5 Å². The highest BCUT2D eigenvalue weighted by molar-refractivity contribution is 6.24. The van der Waals surface area contributed by atoms with Crippen LogP contribution in [0.25, 0.3) is 65.3 Å². The Morgan fingerprint density at radius 2 is 0.722 bits per heavy atom. The van der Waals surface area contributed by atoms with Crippen LogP contribution in [0.3, 0.4) is 0 Å². The minimum atomic E-state index is 0.766. The monoisotopic (exact) mass is 460 g/mol. The molecule has 0 aliphatic heterocycles. The van der Waals surface area contributed by atoms with E-state index in [1.54, 1.807) is 0 Å². The molecule has 0 amide bonds. The van der Waals surface area contributed by atoms with Gasteiger partial charge in [-0.2, -0.15) is 0 Å². The molecule has 0 spiro atoms. The fourth-order valence-electron chi connectivity index (χ4n) is 5.54. The summed E-state index contributed by atoms with van der Waals surface area (Å²) < 4.78 is 0. The maximum atomic E-state index is 6.06. The molecule has 2 nitrogen and oxygen atoms in total. The van der Waals surface area contributed by atoms with Crippen molar-refractivity contribution >= 4 is 54.5 Å². The van der Waals surface area contributed by atoms with Gasteiger partial charge in [0.25, 0.3) is 0 Å². The Kier molecular flexibility index (Phi) is 4.49. The van der Waals surface area contributed by atoms with Crippen molar-refractivity contribution in [2.24, 2.45) is 0 Å². The lowest BCUT2D eigenvalue weighted by atomic mass is 9.84. The van der Waals surface area contributed by atoms with Crippen LogP contribution in [0.15, 0.2) is 121 Å². The summed E-state index contributed by atoms with van der Waals surface area (Å²) >= 11 is 0. The van der Waals surface area contributed by atoms with Crippen LogP contribution in [0.1, 0.15) is 0 Å². The van der Waals surface area contributed by atoms with Crippen LogP contribution in [-0.2, 0) is 0 Å². The first-order chi connectivity index (χ1) is 17.7. The van der Waals surface area contributed by atoms with Crippen LogP contribution < -0.4 is 11.5 Å². The molecule has 0 bridgehead atoms. The van der Waals surface area contributed by atoms with Gasteiger partial charge in [0.15, 0.2) is 0 Å². The molecule has 0 unspecified atom stereocenters. The second-order valence-corrected chi connectivity index (χ2v) is 9.48. The third-order valence-corrected chi connectivity index (χ3v) is 7.24. The molecule has 7 rings (SSSR count). The van der Waals surface area contributed by atoms with Gasteiger partial charge < -0.3 is 11.5 Å². The standard InChI is InChI=1S/C34H24N2/c35-27-13-9-21(10-14-27)33-29-7-3-4-8-30(29)34(22-11-15-28(36)16-12-22)32-20-26-18-24-6-2-1-5-23(24)17-25(26)19-31(32)33/h1-20H,35-36H2. The Labute approximate surface area is 209 Å². The van der Waals surface area contributed by atoms with E-state index in [1.165, 1.54) is 54.2 Å². The molecule has 0 saturated heterocycles. The van der Waals surface area contributed by atoms with Crippen LogP contribution >= 0.6 is 0 Å². The zero-order valence-corrected chi connectivity index (χ0v) is 19.7. The summed E-state index contributed by atoms with van der Waals surface area (Å²) in [5.74, 6) is 0. The lowest BCUT2D eigenvalue weighted by Gasteiger charge is -2.19. The van der Waals surface area contributed by atoms with Gasteiger partial charge in [0, 0.05) is 11.4 Å². The van der Waals surface area contributed by atoms with Crippen molar-refractivity contribution in [2.45, 2.75) is 0 Å². The van der Waals surface area contributed by atoms with Gasteiger partial charge in [0.05, 0.1) is 0 Å². The zero-order valence-electron chi connectivity index (χ0n) is 19.7. The van der Waals surface area contributed by atoms with Crippen molar-refractivity contribution in [3.63, 3.8) is 0 Å². The SMILES string of the molecule is Nc1ccc(-c2c3ccccc3c(-c3ccc(N)cc3)c3cc4cc5ccccc5cc4cc23)cc1. The number of rotatable bonds is 2. The van der Waals surface area contributed by atoms with E-state index in [0.29, 0.717) is 0 Å². The molecule has 0 saturated carbocycles. The molecule has 0 aromatic heterocycles. The minimum Gasteiger partial charge on any atom is -0.399 e. The molecular formula is C34H24N2. The Hall–Kier alpha value is -4.82. The summed E-state index contributed by atoms with van der Waals surface area (Å²) in [6.45, 7) is 0. The van der Waals surface area contributed by atoms with E-state index >= 15 is 0 Å². The number of anilines is 2. The van der Waals surface area contributed by atoms with E-state index in [-0.39, 0.29) is 0 Å². The van der Waals surface area contributed by atoms with E-state index in [1.807, 2.05) is 24.3 Å². The Morgan fingerprint density at radius 1 is 0.333 bits per heavy atom. The predicted molar refractivity (Wildman–Crippen MR) is 156 cm³/mol. The van der Waals surface area contributed by atoms with Gasteiger partial charge in [-0.3, -0.25) is 0 Å². The summed E-state index contributed by atoms with van der Waals surface area (Å²) in [7, 11) is 0. The number of hydrogen-bond acceptors (Lipinski definition) is 2. The quantitative estimate of drug-likeness (QED) is 0.200. The second-order valence-electron chi connectivity index (χ2n) is 9.48. The first kappa shape index (κ1) is 20.5. The van der Waals surface area contributed by atoms with E-state index in [4.69, 9.17) is 11.5 Å². The molecule has 0 aliphatic carbocycles. The van der Waals surface area contributed by atoms with E-state index in [2.05, 4.69) is 97.1 Å². The predicted octanol–water partition coefficient (Wildman–Crippen LogP) is 8.80. The maximum Gasteiger partial charge on any atom is 0.0314 e. The van der Waals surface area contributed by atoms with Crippen molar-refractivity contribution in [1.82, 2.24) is 0 Å². The molecule has 4 N–H and O–H groups in total. The molecule has 0 atom stereocenters. The largest absolute Gasteiger partial charge is 0.399 e. The summed E-state index contributed by atoms with van der Waals surface area (Å²) in [5.41, 5.74) is 18.4. The smallest absolute Gasteiger partial charge is 0.0314 e. The van der Waals surface area contributed by atoms with Crippen molar-refractivity contribution in [1.29, 1.82) is 0 Å². The van der Waals surface area contributed by atoms with Crippen LogP contribution in [0, 0.1) is 0 Å². The summed E-state index contributed by atoms with van der Waals surface area (Å²) in [5, 5.41) is 9.87. The summed E-state index contributed by atoms with van der Waals surface area (Å²) in [6, 6.07) is 43.0. The number of hydrogen-bond donors (Lipinski definition) is 2. The topological polar surface area (TPSA) is 52.0 Å². The third-order valence-electron chi connectivity index (χ3n) is 7.24. The first-order valence-corrected chi connectivity index (χ1v) is 12.2. The molecule has 0 fully saturated rings. The van der Waals surface area contributed by atoms with Crippen molar-refractivity contribution < 1.29 is 0 Å². The van der Waals surface area contributed by atoms with Gasteiger partial charge in [-0.1, -0.05) is 72.8 Å². The van der Waals surface area contributed by atoms with Gasteiger partial charge in [-0.05, 0) is 114 Å². The molecule has 36 heavy (non-hydrogen) atoms. The van der Waals surface area contributed by atoms with Crippen LogP contribution in [0.5, 0.6) is 0 Å². The van der Waals surface area contributed by atoms with Gasteiger partial charge in [0.2, 0.25) is 0 Å². The van der Waals surface area contributed by atoms with Crippen molar-refractivity contribution in [3.05, 3.63) is 121 Å². The average Bonchev–Trinajstić information content (AvgIpc) is 2.91. The zero-order chi connectivity index (χ0) is 24.2. The van der Waals surface area contributed by atoms with Crippen LogP contribution in [0.2, 0.25) is 0 Å². The van der Waals surface area contributed by atoms with Crippen LogP contribution in [-0.4, -0.2) is 0 Å². The third kappa shape index (κ3) is 3.19. The number of nitrogen functional groups attached to an aromatic ring is 2. The number of fused-ring (bicyclic) bond motifs is 4. The van der Waals surface area contributed by atoms with Gasteiger partial charge >= 0.3 is 0 Å². The van der Waals surface area contributed by atoms with E-state index in [0.717, 1.165) is 22.5 Å². The molecule has 0 heterocycles. The second kappa shape index (κ2) is 7.86. The fourth-order valence-corrected chi connectivity index (χ4v) is 5.54. The summed E-state index contributed by atoms with van der Waals surface area (Å²) in [6.07, 6.45) is 0. The highest BCUT2D eigenvalue weighted by Gasteiger charge is 2.17. The molecular weight excluding hydrogens is 436 g/mol. The van der Waals surface area contributed by atoms with Crippen LogP contribution in [0.4, 0.5) is 11.4 Å².